The van der Waals surface area contributed by atoms with Crippen molar-refractivity contribution in [3.8, 4) is 0 Å². The van der Waals surface area contributed by atoms with Gasteiger partial charge in [0.05, 0.1) is 29.4 Å². The normalized spacial score (nSPS) is 13.8. The van der Waals surface area contributed by atoms with Gasteiger partial charge in [0.1, 0.15) is 0 Å². The van der Waals surface area contributed by atoms with Gasteiger partial charge in [0.15, 0.2) is 0 Å². The lowest BCUT2D eigenvalue weighted by Gasteiger charge is -2.29. The van der Waals surface area contributed by atoms with E-state index >= 15 is 0 Å². The van der Waals surface area contributed by atoms with E-state index in [-0.39, 0.29) is 17.6 Å². The van der Waals surface area contributed by atoms with Crippen molar-refractivity contribution < 1.29 is 9.90 Å². The van der Waals surface area contributed by atoms with Gasteiger partial charge in [0, 0.05) is 18.3 Å². The van der Waals surface area contributed by atoms with Gasteiger partial charge in [-0.25, -0.2) is 4.79 Å². The highest BCUT2D eigenvalue weighted by molar-refractivity contribution is 5.74. The highest BCUT2D eigenvalue weighted by Crippen LogP contribution is 2.21. The molecule has 0 saturated carbocycles. The van der Waals surface area contributed by atoms with Gasteiger partial charge in [-0.05, 0) is 55.4 Å². The first kappa shape index (κ1) is 19.5. The molecule has 23 heavy (non-hydrogen) atoms. The van der Waals surface area contributed by atoms with Crippen molar-refractivity contribution in [2.75, 3.05) is 13.1 Å². The molecule has 2 N–H and O–H groups in total. The molecule has 1 aromatic heterocycles. The summed E-state index contributed by atoms with van der Waals surface area (Å²) < 4.78 is 1.93. The van der Waals surface area contributed by atoms with Crippen LogP contribution < -0.4 is 5.32 Å². The largest absolute Gasteiger partial charge is 0.389 e. The van der Waals surface area contributed by atoms with Gasteiger partial charge in [-0.1, -0.05) is 0 Å². The number of hydrogen-bond donors (Lipinski definition) is 2. The molecule has 1 heterocycles. The summed E-state index contributed by atoms with van der Waals surface area (Å²) in [5.41, 5.74) is 0.915. The van der Waals surface area contributed by atoms with Crippen LogP contribution in [0.3, 0.4) is 0 Å². The first-order valence-corrected chi connectivity index (χ1v) is 8.19. The predicted molar refractivity (Wildman–Crippen MR) is 92.5 cm³/mol. The number of aliphatic hydroxyl groups is 1. The summed E-state index contributed by atoms with van der Waals surface area (Å²) in [5.74, 6) is 0. The van der Waals surface area contributed by atoms with E-state index < -0.39 is 5.60 Å². The van der Waals surface area contributed by atoms with Crippen LogP contribution in [-0.4, -0.2) is 44.5 Å². The molecule has 0 aromatic carbocycles. The topological polar surface area (TPSA) is 70.4 Å². The molecule has 132 valence electrons. The molecule has 0 aliphatic heterocycles. The smallest absolute Gasteiger partial charge is 0.317 e. The number of carbonyl (C=O) groups is 1. The summed E-state index contributed by atoms with van der Waals surface area (Å²) in [6, 6.07) is -0.320. The number of carbonyl (C=O) groups excluding carboxylic acids is 1. The monoisotopic (exact) mass is 324 g/mol. The Morgan fingerprint density at radius 3 is 2.35 bits per heavy atom. The van der Waals surface area contributed by atoms with E-state index in [1.54, 1.807) is 18.7 Å². The van der Waals surface area contributed by atoms with E-state index in [4.69, 9.17) is 0 Å². The molecule has 0 spiro atoms. The number of hydrogen-bond acceptors (Lipinski definition) is 3. The second-order valence-electron chi connectivity index (χ2n) is 7.78. The van der Waals surface area contributed by atoms with Crippen LogP contribution in [0.4, 0.5) is 4.79 Å². The van der Waals surface area contributed by atoms with Crippen LogP contribution in [0.15, 0.2) is 6.20 Å². The van der Waals surface area contributed by atoms with Crippen molar-refractivity contribution in [2.24, 2.45) is 0 Å². The maximum Gasteiger partial charge on any atom is 0.317 e. The van der Waals surface area contributed by atoms with E-state index in [1.165, 1.54) is 0 Å². The molecular formula is C17H32N4O2. The summed E-state index contributed by atoms with van der Waals surface area (Å²) in [5, 5.41) is 17.5. The number of nitrogens with one attached hydrogen (secondary N) is 1. The maximum atomic E-state index is 12.4. The third kappa shape index (κ3) is 5.53. The maximum absolute atomic E-state index is 12.4. The Labute approximate surface area is 139 Å². The van der Waals surface area contributed by atoms with E-state index in [2.05, 4.69) is 31.2 Å². The Kier molecular flexibility index (Phi) is 5.85. The van der Waals surface area contributed by atoms with Crippen LogP contribution >= 0.6 is 0 Å². The van der Waals surface area contributed by atoms with E-state index in [1.807, 2.05) is 31.6 Å². The van der Waals surface area contributed by atoms with Crippen molar-refractivity contribution in [3.05, 3.63) is 17.5 Å². The third-order valence-corrected chi connectivity index (χ3v) is 3.68. The lowest BCUT2D eigenvalue weighted by molar-refractivity contribution is 0.0476. The molecular weight excluding hydrogens is 292 g/mol. The number of rotatable bonds is 5. The number of nitrogens with zero attached hydrogens (tertiary/aromatic N) is 3. The van der Waals surface area contributed by atoms with Gasteiger partial charge in [-0.2, -0.15) is 5.10 Å². The summed E-state index contributed by atoms with van der Waals surface area (Å²) in [6.07, 6.45) is 1.99. The Hall–Kier alpha value is -1.56. The molecule has 0 fully saturated rings. The second-order valence-corrected chi connectivity index (χ2v) is 7.78. The molecule has 2 amide bonds. The standard InChI is InChI=1S/C17H32N4O2/c1-9-20(11-17(7,8)23)15(22)18-12(2)14-10-21(16(4,5)6)19-13(14)3/h10,12,23H,9,11H2,1-8H3,(H,18,22)/t12-/m1/s1. The zero-order valence-corrected chi connectivity index (χ0v) is 15.8. The minimum atomic E-state index is -0.913. The van der Waals surface area contributed by atoms with Gasteiger partial charge in [-0.3, -0.25) is 4.68 Å². The van der Waals surface area contributed by atoms with Crippen LogP contribution in [0, 0.1) is 6.92 Å². The molecule has 1 rings (SSSR count). The van der Waals surface area contributed by atoms with Crippen LogP contribution in [-0.2, 0) is 5.54 Å². The number of urea groups is 1. The predicted octanol–water partition coefficient (Wildman–Crippen LogP) is 2.81. The minimum absolute atomic E-state index is 0.0941. The molecule has 6 nitrogen and oxygen atoms in total. The Morgan fingerprint density at radius 1 is 1.39 bits per heavy atom. The lowest BCUT2D eigenvalue weighted by atomic mass is 10.1. The van der Waals surface area contributed by atoms with Crippen molar-refractivity contribution in [3.63, 3.8) is 0 Å². The fourth-order valence-corrected chi connectivity index (χ4v) is 2.39. The molecule has 0 saturated heterocycles. The summed E-state index contributed by atoms with van der Waals surface area (Å²) in [7, 11) is 0. The Balaban J connectivity index is 2.84. The van der Waals surface area contributed by atoms with Gasteiger partial charge < -0.3 is 15.3 Å². The van der Waals surface area contributed by atoms with Gasteiger partial charge in [0.25, 0.3) is 0 Å². The molecule has 0 aliphatic carbocycles. The average Bonchev–Trinajstić information content (AvgIpc) is 2.76. The molecule has 1 aromatic rings. The Bertz CT molecular complexity index is 538. The fraction of sp³-hybridized carbons (Fsp3) is 0.765. The van der Waals surface area contributed by atoms with Crippen molar-refractivity contribution in [2.45, 2.75) is 72.6 Å². The number of aryl methyl sites for hydroxylation is 1. The third-order valence-electron chi connectivity index (χ3n) is 3.68. The van der Waals surface area contributed by atoms with Crippen LogP contribution in [0.5, 0.6) is 0 Å². The highest BCUT2D eigenvalue weighted by Gasteiger charge is 2.24. The zero-order chi connectivity index (χ0) is 18.0. The van der Waals surface area contributed by atoms with Crippen molar-refractivity contribution in [1.82, 2.24) is 20.0 Å². The highest BCUT2D eigenvalue weighted by atomic mass is 16.3. The van der Waals surface area contributed by atoms with E-state index in [0.29, 0.717) is 13.1 Å². The Morgan fingerprint density at radius 2 is 1.96 bits per heavy atom. The van der Waals surface area contributed by atoms with Crippen molar-refractivity contribution >= 4 is 6.03 Å². The fourth-order valence-electron chi connectivity index (χ4n) is 2.39. The van der Waals surface area contributed by atoms with Gasteiger partial charge in [0.2, 0.25) is 0 Å². The molecule has 0 aliphatic rings. The second kappa shape index (κ2) is 6.91. The molecule has 0 unspecified atom stereocenters. The summed E-state index contributed by atoms with van der Waals surface area (Å²) in [4.78, 5) is 14.0. The lowest BCUT2D eigenvalue weighted by Crippen LogP contribution is -2.47. The van der Waals surface area contributed by atoms with Gasteiger partial charge >= 0.3 is 6.03 Å². The van der Waals surface area contributed by atoms with Crippen LogP contribution in [0.1, 0.15) is 65.8 Å². The number of amides is 2. The first-order chi connectivity index (χ1) is 10.3. The molecule has 0 radical (unpaired) electrons. The minimum Gasteiger partial charge on any atom is -0.389 e. The zero-order valence-electron chi connectivity index (χ0n) is 15.8. The number of aromatic nitrogens is 2. The quantitative estimate of drug-likeness (QED) is 0.875. The summed E-state index contributed by atoms with van der Waals surface area (Å²) >= 11 is 0. The van der Waals surface area contributed by atoms with Crippen LogP contribution in [0.2, 0.25) is 0 Å². The average molecular weight is 324 g/mol. The first-order valence-electron chi connectivity index (χ1n) is 8.19. The summed E-state index contributed by atoms with van der Waals surface area (Å²) in [6.45, 7) is 16.3. The number of likely N-dealkylation sites (N-methyl/N-ethyl adjacent to an activating group) is 1. The molecule has 0 bridgehead atoms. The SMILES string of the molecule is CCN(CC(C)(C)O)C(=O)N[C@H](C)c1cn(C(C)(C)C)nc1C. The van der Waals surface area contributed by atoms with Crippen LogP contribution in [0.25, 0.3) is 0 Å². The van der Waals surface area contributed by atoms with Gasteiger partial charge in [-0.15, -0.1) is 0 Å². The van der Waals surface area contributed by atoms with E-state index in [0.717, 1.165) is 11.3 Å². The molecule has 1 atom stereocenters. The molecule has 6 heteroatoms. The van der Waals surface area contributed by atoms with Crippen molar-refractivity contribution in [1.29, 1.82) is 0 Å². The van der Waals surface area contributed by atoms with E-state index in [9.17, 15) is 9.90 Å².